The van der Waals surface area contributed by atoms with Crippen LogP contribution in [0.5, 0.6) is 0 Å². The van der Waals surface area contributed by atoms with Crippen molar-refractivity contribution in [3.63, 3.8) is 0 Å². The van der Waals surface area contributed by atoms with Gasteiger partial charge in [-0.2, -0.15) is 0 Å². The van der Waals surface area contributed by atoms with E-state index in [1.807, 2.05) is 0 Å². The fourth-order valence-corrected chi connectivity index (χ4v) is 1.67. The summed E-state index contributed by atoms with van der Waals surface area (Å²) in [5.41, 5.74) is 0.235. The Morgan fingerprint density at radius 3 is 2.45 bits per heavy atom. The molecule has 0 saturated heterocycles. The summed E-state index contributed by atoms with van der Waals surface area (Å²) in [6.45, 7) is 0. The summed E-state index contributed by atoms with van der Waals surface area (Å²) in [7, 11) is 1.19. The van der Waals surface area contributed by atoms with Crippen molar-refractivity contribution < 1.29 is 28.6 Å². The number of hydrogen-bond acceptors (Lipinski definition) is 4. The molecule has 1 aromatic rings. The summed E-state index contributed by atoms with van der Waals surface area (Å²) in [5, 5.41) is 9.15. The summed E-state index contributed by atoms with van der Waals surface area (Å²) in [5.74, 6) is -2.33. The van der Waals surface area contributed by atoms with Gasteiger partial charge in [0.1, 0.15) is 11.9 Å². The molecule has 1 rings (SSSR count). The summed E-state index contributed by atoms with van der Waals surface area (Å²) in [6, 6.07) is 3.59. The number of aliphatic carboxylic acids is 1. The SMILES string of the molecule is COC(=O)CC[C@@H](C(=O)O)N(C=O)c1ccc(F)cc1. The quantitative estimate of drug-likeness (QED) is 0.600. The number of hydrogen-bond donors (Lipinski definition) is 1. The summed E-state index contributed by atoms with van der Waals surface area (Å²) in [6.07, 6.45) is 0.0976. The molecule has 0 aliphatic carbocycles. The molecule has 0 saturated carbocycles. The molecule has 0 aromatic heterocycles. The van der Waals surface area contributed by atoms with Gasteiger partial charge in [-0.15, -0.1) is 0 Å². The Hall–Kier alpha value is -2.44. The molecule has 1 atom stereocenters. The number of rotatable bonds is 7. The molecule has 0 bridgehead atoms. The molecule has 0 heterocycles. The predicted molar refractivity (Wildman–Crippen MR) is 67.6 cm³/mol. The van der Waals surface area contributed by atoms with E-state index in [1.165, 1.54) is 19.2 Å². The van der Waals surface area contributed by atoms with Gasteiger partial charge in [0, 0.05) is 12.1 Å². The van der Waals surface area contributed by atoms with Crippen LogP contribution >= 0.6 is 0 Å². The Balaban J connectivity index is 2.91. The molecular weight excluding hydrogens is 269 g/mol. The third kappa shape index (κ3) is 4.04. The van der Waals surface area contributed by atoms with Gasteiger partial charge in [-0.05, 0) is 30.7 Å². The van der Waals surface area contributed by atoms with Crippen molar-refractivity contribution in [2.45, 2.75) is 18.9 Å². The van der Waals surface area contributed by atoms with Gasteiger partial charge < -0.3 is 14.7 Å². The number of carboxylic acid groups (broad SMARTS) is 1. The predicted octanol–water partition coefficient (Wildman–Crippen LogP) is 1.19. The maximum absolute atomic E-state index is 12.8. The largest absolute Gasteiger partial charge is 0.480 e. The molecule has 1 amide bonds. The van der Waals surface area contributed by atoms with E-state index in [0.717, 1.165) is 17.0 Å². The monoisotopic (exact) mass is 283 g/mol. The van der Waals surface area contributed by atoms with Crippen LogP contribution in [0.4, 0.5) is 10.1 Å². The number of carboxylic acids is 1. The second-order valence-electron chi connectivity index (χ2n) is 3.96. The van der Waals surface area contributed by atoms with Crippen LogP contribution in [0.15, 0.2) is 24.3 Å². The summed E-state index contributed by atoms with van der Waals surface area (Å²) < 4.78 is 17.3. The first-order valence-electron chi connectivity index (χ1n) is 5.78. The normalized spacial score (nSPS) is 11.5. The summed E-state index contributed by atoms with van der Waals surface area (Å²) in [4.78, 5) is 34.3. The lowest BCUT2D eigenvalue weighted by molar-refractivity contribution is -0.142. The maximum atomic E-state index is 12.8. The Morgan fingerprint density at radius 2 is 2.00 bits per heavy atom. The number of amides is 1. The number of halogens is 1. The van der Waals surface area contributed by atoms with Crippen LogP contribution in [0, 0.1) is 5.82 Å². The highest BCUT2D eigenvalue weighted by Crippen LogP contribution is 2.19. The Kier molecular flexibility index (Phi) is 5.64. The first-order valence-corrected chi connectivity index (χ1v) is 5.78. The Bertz CT molecular complexity index is 488. The highest BCUT2D eigenvalue weighted by atomic mass is 19.1. The minimum atomic E-state index is -1.26. The number of esters is 1. The van der Waals surface area contributed by atoms with Crippen LogP contribution in [-0.2, 0) is 19.1 Å². The first kappa shape index (κ1) is 15.6. The second kappa shape index (κ2) is 7.22. The maximum Gasteiger partial charge on any atom is 0.326 e. The number of benzene rings is 1. The average Bonchev–Trinajstić information content (AvgIpc) is 2.44. The molecule has 0 aliphatic heterocycles. The number of carbonyl (C=O) groups excluding carboxylic acids is 2. The van der Waals surface area contributed by atoms with Crippen molar-refractivity contribution >= 4 is 24.0 Å². The van der Waals surface area contributed by atoms with E-state index in [1.54, 1.807) is 0 Å². The third-order valence-corrected chi connectivity index (χ3v) is 2.71. The molecule has 6 nitrogen and oxygen atoms in total. The number of carbonyl (C=O) groups is 3. The van der Waals surface area contributed by atoms with E-state index >= 15 is 0 Å². The lowest BCUT2D eigenvalue weighted by Gasteiger charge is -2.24. The molecule has 108 valence electrons. The van der Waals surface area contributed by atoms with Gasteiger partial charge in [-0.25, -0.2) is 9.18 Å². The van der Waals surface area contributed by atoms with Crippen molar-refractivity contribution in [2.24, 2.45) is 0 Å². The molecule has 0 spiro atoms. The van der Waals surface area contributed by atoms with Crippen LogP contribution in [0.25, 0.3) is 0 Å². The van der Waals surface area contributed by atoms with Gasteiger partial charge in [0.15, 0.2) is 0 Å². The highest BCUT2D eigenvalue weighted by molar-refractivity contribution is 5.88. The van der Waals surface area contributed by atoms with Crippen molar-refractivity contribution in [1.82, 2.24) is 0 Å². The van der Waals surface area contributed by atoms with E-state index in [-0.39, 0.29) is 18.5 Å². The highest BCUT2D eigenvalue weighted by Gasteiger charge is 2.26. The van der Waals surface area contributed by atoms with Gasteiger partial charge in [0.2, 0.25) is 6.41 Å². The van der Waals surface area contributed by atoms with Crippen LogP contribution < -0.4 is 4.90 Å². The molecule has 20 heavy (non-hydrogen) atoms. The molecule has 0 aliphatic rings. The number of methoxy groups -OCH3 is 1. The zero-order chi connectivity index (χ0) is 15.1. The molecular formula is C13H14FNO5. The van der Waals surface area contributed by atoms with Crippen LogP contribution in [0.3, 0.4) is 0 Å². The number of nitrogens with zero attached hydrogens (tertiary/aromatic N) is 1. The van der Waals surface area contributed by atoms with E-state index in [9.17, 15) is 18.8 Å². The second-order valence-corrected chi connectivity index (χ2v) is 3.96. The lowest BCUT2D eigenvalue weighted by Crippen LogP contribution is -2.41. The number of anilines is 1. The molecule has 0 fully saturated rings. The summed E-state index contributed by atoms with van der Waals surface area (Å²) >= 11 is 0. The fourth-order valence-electron chi connectivity index (χ4n) is 1.67. The fraction of sp³-hybridized carbons (Fsp3) is 0.308. The van der Waals surface area contributed by atoms with Gasteiger partial charge >= 0.3 is 11.9 Å². The van der Waals surface area contributed by atoms with Gasteiger partial charge in [0.05, 0.1) is 7.11 Å². The van der Waals surface area contributed by atoms with Gasteiger partial charge in [-0.3, -0.25) is 9.59 Å². The minimum Gasteiger partial charge on any atom is -0.480 e. The third-order valence-electron chi connectivity index (χ3n) is 2.71. The van der Waals surface area contributed by atoms with E-state index in [2.05, 4.69) is 4.74 Å². The average molecular weight is 283 g/mol. The standard InChI is InChI=1S/C13H14FNO5/c1-20-12(17)7-6-11(13(18)19)15(8-16)10-4-2-9(14)3-5-10/h2-5,8,11H,6-7H2,1H3,(H,18,19)/t11-/m0/s1. The van der Waals surface area contributed by atoms with Gasteiger partial charge in [0.25, 0.3) is 0 Å². The van der Waals surface area contributed by atoms with Crippen molar-refractivity contribution in [2.75, 3.05) is 12.0 Å². The van der Waals surface area contributed by atoms with E-state index in [4.69, 9.17) is 5.11 Å². The van der Waals surface area contributed by atoms with Crippen LogP contribution in [-0.4, -0.2) is 36.6 Å². The van der Waals surface area contributed by atoms with Crippen molar-refractivity contribution in [1.29, 1.82) is 0 Å². The molecule has 0 radical (unpaired) electrons. The van der Waals surface area contributed by atoms with Crippen LogP contribution in [0.2, 0.25) is 0 Å². The number of ether oxygens (including phenoxy) is 1. The Labute approximate surface area is 114 Å². The lowest BCUT2D eigenvalue weighted by atomic mass is 10.1. The topological polar surface area (TPSA) is 83.9 Å². The first-order chi connectivity index (χ1) is 9.49. The Morgan fingerprint density at radius 1 is 1.40 bits per heavy atom. The van der Waals surface area contributed by atoms with E-state index in [0.29, 0.717) is 6.41 Å². The van der Waals surface area contributed by atoms with Crippen molar-refractivity contribution in [3.05, 3.63) is 30.1 Å². The smallest absolute Gasteiger partial charge is 0.326 e. The zero-order valence-electron chi connectivity index (χ0n) is 10.8. The molecule has 1 N–H and O–H groups in total. The van der Waals surface area contributed by atoms with Gasteiger partial charge in [-0.1, -0.05) is 0 Å². The zero-order valence-corrected chi connectivity index (χ0v) is 10.8. The van der Waals surface area contributed by atoms with Crippen LogP contribution in [0.1, 0.15) is 12.8 Å². The van der Waals surface area contributed by atoms with E-state index < -0.39 is 23.8 Å². The molecule has 0 unspecified atom stereocenters. The van der Waals surface area contributed by atoms with Crippen molar-refractivity contribution in [3.8, 4) is 0 Å². The molecule has 1 aromatic carbocycles. The molecule has 7 heteroatoms. The minimum absolute atomic E-state index is 0.0991.